The summed E-state index contributed by atoms with van der Waals surface area (Å²) in [4.78, 5) is 14.7. The molecule has 0 radical (unpaired) electrons. The summed E-state index contributed by atoms with van der Waals surface area (Å²) in [5.74, 6) is 0.493. The lowest BCUT2D eigenvalue weighted by molar-refractivity contribution is 0.0560. The molecule has 0 saturated heterocycles. The number of hydrogen-bond acceptors (Lipinski definition) is 2. The van der Waals surface area contributed by atoms with E-state index in [1.165, 1.54) is 12.8 Å². The van der Waals surface area contributed by atoms with E-state index in [-0.39, 0.29) is 11.9 Å². The van der Waals surface area contributed by atoms with Gasteiger partial charge < -0.3 is 10.6 Å². The minimum absolute atomic E-state index is 0.0698. The van der Waals surface area contributed by atoms with Crippen LogP contribution in [0.2, 0.25) is 5.02 Å². The number of carbonyl (C=O) groups is 1. The van der Waals surface area contributed by atoms with Gasteiger partial charge in [0.05, 0.1) is 0 Å². The highest BCUT2D eigenvalue weighted by molar-refractivity contribution is 6.30. The molecular formula is C16H23ClN2O. The first kappa shape index (κ1) is 15.3. The highest BCUT2D eigenvalue weighted by Gasteiger charge is 2.31. The molecule has 1 saturated carbocycles. The van der Waals surface area contributed by atoms with E-state index in [1.54, 1.807) is 12.1 Å². The fourth-order valence-corrected chi connectivity index (χ4v) is 3.38. The maximum absolute atomic E-state index is 12.7. The van der Waals surface area contributed by atoms with Crippen molar-refractivity contribution >= 4 is 17.5 Å². The molecule has 2 rings (SSSR count). The largest absolute Gasteiger partial charge is 0.336 e. The molecule has 0 bridgehead atoms. The van der Waals surface area contributed by atoms with Gasteiger partial charge in [-0.25, -0.2) is 0 Å². The van der Waals surface area contributed by atoms with Crippen LogP contribution < -0.4 is 5.73 Å². The van der Waals surface area contributed by atoms with Crippen LogP contribution in [-0.4, -0.2) is 29.9 Å². The summed E-state index contributed by atoms with van der Waals surface area (Å²) in [6.07, 6.45) is 4.59. The van der Waals surface area contributed by atoms with Crippen LogP contribution in [0.15, 0.2) is 24.3 Å². The van der Waals surface area contributed by atoms with E-state index < -0.39 is 0 Å². The fraction of sp³-hybridized carbons (Fsp3) is 0.562. The zero-order valence-electron chi connectivity index (χ0n) is 12.0. The Morgan fingerprint density at radius 2 is 2.15 bits per heavy atom. The predicted octanol–water partition coefficient (Wildman–Crippen LogP) is 3.32. The Morgan fingerprint density at radius 1 is 1.40 bits per heavy atom. The molecule has 1 aliphatic carbocycles. The average molecular weight is 295 g/mol. The molecule has 20 heavy (non-hydrogen) atoms. The summed E-state index contributed by atoms with van der Waals surface area (Å²) < 4.78 is 0. The van der Waals surface area contributed by atoms with Crippen LogP contribution in [0.1, 0.15) is 43.0 Å². The van der Waals surface area contributed by atoms with Gasteiger partial charge in [0.2, 0.25) is 0 Å². The van der Waals surface area contributed by atoms with Crippen LogP contribution in [0.25, 0.3) is 0 Å². The standard InChI is InChI=1S/C16H23ClN2O/c1-2-19(15-9-4-3-6-13(15)11-18)16(20)12-7-5-8-14(17)10-12/h5,7-8,10,13,15H,2-4,6,9,11,18H2,1H3. The number of carbonyl (C=O) groups excluding carboxylic acids is 1. The van der Waals surface area contributed by atoms with Gasteiger partial charge in [-0.05, 0) is 50.4 Å². The molecule has 0 aliphatic heterocycles. The normalized spacial score (nSPS) is 22.6. The van der Waals surface area contributed by atoms with Gasteiger partial charge >= 0.3 is 0 Å². The smallest absolute Gasteiger partial charge is 0.254 e. The summed E-state index contributed by atoms with van der Waals surface area (Å²) in [6.45, 7) is 3.40. The van der Waals surface area contributed by atoms with E-state index in [0.29, 0.717) is 29.6 Å². The van der Waals surface area contributed by atoms with Gasteiger partial charge in [-0.15, -0.1) is 0 Å². The molecule has 3 nitrogen and oxygen atoms in total. The third-order valence-corrected chi connectivity index (χ3v) is 4.48. The van der Waals surface area contributed by atoms with E-state index in [4.69, 9.17) is 17.3 Å². The fourth-order valence-electron chi connectivity index (χ4n) is 3.19. The Bertz CT molecular complexity index is 464. The monoisotopic (exact) mass is 294 g/mol. The van der Waals surface area contributed by atoms with Crippen molar-refractivity contribution in [3.63, 3.8) is 0 Å². The Hall–Kier alpha value is -1.06. The van der Waals surface area contributed by atoms with Crippen molar-refractivity contribution < 1.29 is 4.79 Å². The van der Waals surface area contributed by atoms with Crippen LogP contribution >= 0.6 is 11.6 Å². The zero-order chi connectivity index (χ0) is 14.5. The number of amides is 1. The van der Waals surface area contributed by atoms with Crippen molar-refractivity contribution in [3.8, 4) is 0 Å². The number of halogens is 1. The van der Waals surface area contributed by atoms with Crippen molar-refractivity contribution in [2.24, 2.45) is 11.7 Å². The number of nitrogens with two attached hydrogens (primary N) is 1. The van der Waals surface area contributed by atoms with Gasteiger partial charge in [0, 0.05) is 23.2 Å². The number of rotatable bonds is 4. The molecule has 2 atom stereocenters. The molecule has 0 spiro atoms. The van der Waals surface area contributed by atoms with Crippen molar-refractivity contribution in [2.45, 2.75) is 38.6 Å². The molecule has 1 aromatic rings. The second kappa shape index (κ2) is 7.09. The molecule has 110 valence electrons. The third-order valence-electron chi connectivity index (χ3n) is 4.25. The van der Waals surface area contributed by atoms with Gasteiger partial charge in [-0.1, -0.05) is 30.5 Å². The number of nitrogens with zero attached hydrogens (tertiary/aromatic N) is 1. The van der Waals surface area contributed by atoms with E-state index in [1.807, 2.05) is 24.0 Å². The van der Waals surface area contributed by atoms with E-state index in [0.717, 1.165) is 12.8 Å². The SMILES string of the molecule is CCN(C(=O)c1cccc(Cl)c1)C1CCCCC1CN. The molecule has 4 heteroatoms. The first-order valence-electron chi connectivity index (χ1n) is 7.44. The minimum atomic E-state index is 0.0698. The highest BCUT2D eigenvalue weighted by Crippen LogP contribution is 2.29. The summed E-state index contributed by atoms with van der Waals surface area (Å²) in [6, 6.07) is 7.46. The van der Waals surface area contributed by atoms with Crippen molar-refractivity contribution in [3.05, 3.63) is 34.9 Å². The van der Waals surface area contributed by atoms with Crippen LogP contribution in [0.5, 0.6) is 0 Å². The number of hydrogen-bond donors (Lipinski definition) is 1. The predicted molar refractivity (Wildman–Crippen MR) is 83.0 cm³/mol. The molecule has 1 aliphatic rings. The topological polar surface area (TPSA) is 46.3 Å². The summed E-state index contributed by atoms with van der Waals surface area (Å²) in [7, 11) is 0. The molecule has 0 aromatic heterocycles. The summed E-state index contributed by atoms with van der Waals surface area (Å²) in [5, 5.41) is 0.603. The maximum atomic E-state index is 12.7. The van der Waals surface area contributed by atoms with Crippen LogP contribution in [0, 0.1) is 5.92 Å². The van der Waals surface area contributed by atoms with Crippen LogP contribution in [0.4, 0.5) is 0 Å². The summed E-state index contributed by atoms with van der Waals surface area (Å²) >= 11 is 5.99. The van der Waals surface area contributed by atoms with Gasteiger partial charge in [0.15, 0.2) is 0 Å². The lowest BCUT2D eigenvalue weighted by Crippen LogP contribution is -2.48. The average Bonchev–Trinajstić information content (AvgIpc) is 2.48. The van der Waals surface area contributed by atoms with Crippen molar-refractivity contribution in [2.75, 3.05) is 13.1 Å². The Morgan fingerprint density at radius 3 is 2.80 bits per heavy atom. The third kappa shape index (κ3) is 3.33. The molecule has 1 fully saturated rings. The minimum Gasteiger partial charge on any atom is -0.336 e. The maximum Gasteiger partial charge on any atom is 0.254 e. The molecule has 0 heterocycles. The number of benzene rings is 1. The molecule has 1 amide bonds. The quantitative estimate of drug-likeness (QED) is 0.926. The van der Waals surface area contributed by atoms with Crippen molar-refractivity contribution in [1.29, 1.82) is 0 Å². The Kier molecular flexibility index (Phi) is 5.44. The lowest BCUT2D eigenvalue weighted by atomic mass is 9.83. The van der Waals surface area contributed by atoms with Gasteiger partial charge in [0.1, 0.15) is 0 Å². The summed E-state index contributed by atoms with van der Waals surface area (Å²) in [5.41, 5.74) is 6.56. The second-order valence-corrected chi connectivity index (χ2v) is 5.89. The van der Waals surface area contributed by atoms with Crippen molar-refractivity contribution in [1.82, 2.24) is 4.90 Å². The van der Waals surface area contributed by atoms with Gasteiger partial charge in [-0.2, -0.15) is 0 Å². The van der Waals surface area contributed by atoms with Gasteiger partial charge in [-0.3, -0.25) is 4.79 Å². The zero-order valence-corrected chi connectivity index (χ0v) is 12.8. The molecule has 2 N–H and O–H groups in total. The van der Waals surface area contributed by atoms with Gasteiger partial charge in [0.25, 0.3) is 5.91 Å². The molecular weight excluding hydrogens is 272 g/mol. The first-order valence-corrected chi connectivity index (χ1v) is 7.81. The molecule has 2 unspecified atom stereocenters. The van der Waals surface area contributed by atoms with E-state index in [9.17, 15) is 4.79 Å². The second-order valence-electron chi connectivity index (χ2n) is 5.45. The lowest BCUT2D eigenvalue weighted by Gasteiger charge is -2.39. The van der Waals surface area contributed by atoms with Crippen LogP contribution in [-0.2, 0) is 0 Å². The van der Waals surface area contributed by atoms with E-state index in [2.05, 4.69) is 0 Å². The highest BCUT2D eigenvalue weighted by atomic mass is 35.5. The Labute approximate surface area is 126 Å². The van der Waals surface area contributed by atoms with Crippen LogP contribution in [0.3, 0.4) is 0 Å². The van der Waals surface area contributed by atoms with E-state index >= 15 is 0 Å². The Balaban J connectivity index is 2.20. The first-order chi connectivity index (χ1) is 9.67. The molecule has 1 aromatic carbocycles.